The predicted octanol–water partition coefficient (Wildman–Crippen LogP) is 5.07. The van der Waals surface area contributed by atoms with Gasteiger partial charge in [-0.25, -0.2) is 14.2 Å². The number of nitrogens with zero attached hydrogens (tertiary/aromatic N) is 2. The molecule has 0 radical (unpaired) electrons. The van der Waals surface area contributed by atoms with Crippen molar-refractivity contribution in [2.75, 3.05) is 7.11 Å². The zero-order valence-corrected chi connectivity index (χ0v) is 21.4. The molecule has 2 heterocycles. The summed E-state index contributed by atoms with van der Waals surface area (Å²) in [6.07, 6.45) is -0.230. The number of aliphatic imine (C=N–C) groups is 1. The molecular formula is C27H28FN3O4S. The number of hydrogen-bond acceptors (Lipinski definition) is 7. The number of fused-ring (bicyclic) bond motifs is 1. The molecule has 2 aliphatic rings. The van der Waals surface area contributed by atoms with Crippen LogP contribution in [0.2, 0.25) is 0 Å². The van der Waals surface area contributed by atoms with Crippen molar-refractivity contribution in [3.63, 3.8) is 0 Å². The number of ether oxygens (including phenoxy) is 2. The highest BCUT2D eigenvalue weighted by Crippen LogP contribution is 2.46. The number of para-hydroxylation sites is 1. The Bertz CT molecular complexity index is 1250. The largest absolute Gasteiger partial charge is 0.496 e. The third-order valence-corrected chi connectivity index (χ3v) is 6.63. The molecule has 0 aromatic heterocycles. The molecule has 0 bridgehead atoms. The topological polar surface area (TPSA) is 80.2 Å². The van der Waals surface area contributed by atoms with Crippen LogP contribution in [0.4, 0.5) is 4.39 Å². The van der Waals surface area contributed by atoms with E-state index in [1.807, 2.05) is 34.6 Å². The smallest absolute Gasteiger partial charge is 0.338 e. The molecule has 0 saturated heterocycles. The minimum atomic E-state index is -0.578. The second-order valence-corrected chi connectivity index (χ2v) is 9.51. The van der Waals surface area contributed by atoms with Crippen molar-refractivity contribution in [3.8, 4) is 5.75 Å². The summed E-state index contributed by atoms with van der Waals surface area (Å²) >= 11 is 1.40. The number of carbonyl (C=O) groups is 2. The number of carbonyl (C=O) groups excluding carboxylic acids is 2. The molecule has 0 saturated carbocycles. The van der Waals surface area contributed by atoms with Crippen molar-refractivity contribution in [2.45, 2.75) is 45.9 Å². The third-order valence-electron chi connectivity index (χ3n) is 5.74. The maximum Gasteiger partial charge on any atom is 0.338 e. The Balaban J connectivity index is 1.63. The Kier molecular flexibility index (Phi) is 7.79. The molecule has 1 amide bonds. The third kappa shape index (κ3) is 5.46. The van der Waals surface area contributed by atoms with Gasteiger partial charge in [0.1, 0.15) is 11.6 Å². The summed E-state index contributed by atoms with van der Waals surface area (Å²) in [6, 6.07) is 12.9. The first kappa shape index (κ1) is 25.5. The van der Waals surface area contributed by atoms with Crippen molar-refractivity contribution in [1.29, 1.82) is 0 Å². The van der Waals surface area contributed by atoms with Crippen molar-refractivity contribution < 1.29 is 23.5 Å². The molecule has 4 rings (SSSR count). The Morgan fingerprint density at radius 3 is 2.58 bits per heavy atom. The number of nitrogens with one attached hydrogen (secondary N) is 1. The second kappa shape index (κ2) is 11.0. The summed E-state index contributed by atoms with van der Waals surface area (Å²) in [5.41, 5.74) is 3.22. The van der Waals surface area contributed by atoms with E-state index in [1.165, 1.54) is 23.9 Å². The van der Waals surface area contributed by atoms with Gasteiger partial charge in [-0.2, -0.15) is 0 Å². The van der Waals surface area contributed by atoms with Crippen LogP contribution < -0.4 is 10.1 Å². The van der Waals surface area contributed by atoms with Gasteiger partial charge in [0.15, 0.2) is 5.17 Å². The van der Waals surface area contributed by atoms with E-state index in [1.54, 1.807) is 40.0 Å². The molecule has 0 aliphatic carbocycles. The summed E-state index contributed by atoms with van der Waals surface area (Å²) in [5.74, 6) is -0.377. The van der Waals surface area contributed by atoms with Gasteiger partial charge in [0.05, 0.1) is 36.9 Å². The summed E-state index contributed by atoms with van der Waals surface area (Å²) in [5, 5.41) is 5.43. The molecule has 1 atom stereocenters. The molecule has 2 aliphatic heterocycles. The van der Waals surface area contributed by atoms with E-state index in [4.69, 9.17) is 9.47 Å². The number of amidine groups is 1. The molecule has 1 N–H and O–H groups in total. The first-order valence-corrected chi connectivity index (χ1v) is 12.5. The average Bonchev–Trinajstić information content (AvgIpc) is 3.24. The van der Waals surface area contributed by atoms with E-state index in [0.29, 0.717) is 27.9 Å². The maximum atomic E-state index is 13.3. The molecule has 36 heavy (non-hydrogen) atoms. The standard InChI is InChI=1S/C27H28FN3O4S/c1-16(2)35-26(33)24-17(3)30-27-31(25(24)21-7-5-6-8-22(21)34-4)20(15-36-27)13-23(32)29-14-18-9-11-19(28)12-10-18/h5-12,15-16,25H,13-14H2,1-4H3,(H,29,32)/t25-/m0/s1. The van der Waals surface area contributed by atoms with Gasteiger partial charge in [-0.3, -0.25) is 4.79 Å². The molecule has 7 nitrogen and oxygen atoms in total. The van der Waals surface area contributed by atoms with E-state index in [0.717, 1.165) is 11.1 Å². The van der Waals surface area contributed by atoms with Crippen molar-refractivity contribution in [2.24, 2.45) is 4.99 Å². The van der Waals surface area contributed by atoms with Gasteiger partial charge in [-0.1, -0.05) is 42.1 Å². The van der Waals surface area contributed by atoms with Crippen LogP contribution in [0.25, 0.3) is 0 Å². The van der Waals surface area contributed by atoms with Gasteiger partial charge in [0.2, 0.25) is 5.91 Å². The number of thioether (sulfide) groups is 1. The van der Waals surface area contributed by atoms with Crippen LogP contribution in [0, 0.1) is 5.82 Å². The van der Waals surface area contributed by atoms with E-state index in [-0.39, 0.29) is 30.8 Å². The molecule has 0 unspecified atom stereocenters. The van der Waals surface area contributed by atoms with Crippen LogP contribution in [0.3, 0.4) is 0 Å². The van der Waals surface area contributed by atoms with Gasteiger partial charge in [0, 0.05) is 17.8 Å². The molecule has 0 spiro atoms. The van der Waals surface area contributed by atoms with E-state index in [2.05, 4.69) is 10.3 Å². The number of allylic oxidation sites excluding steroid dienone is 1. The van der Waals surface area contributed by atoms with Gasteiger partial charge < -0.3 is 19.7 Å². The first-order chi connectivity index (χ1) is 17.3. The van der Waals surface area contributed by atoms with Crippen LogP contribution in [0.1, 0.15) is 44.4 Å². The lowest BCUT2D eigenvalue weighted by Gasteiger charge is -2.37. The fraction of sp³-hybridized carbons (Fsp3) is 0.296. The number of esters is 1. The summed E-state index contributed by atoms with van der Waals surface area (Å²) in [6.45, 7) is 5.66. The van der Waals surface area contributed by atoms with E-state index in [9.17, 15) is 14.0 Å². The zero-order chi connectivity index (χ0) is 25.8. The van der Waals surface area contributed by atoms with E-state index < -0.39 is 12.0 Å². The SMILES string of the molecule is COc1ccccc1[C@H]1C(C(=O)OC(C)C)=C(C)N=C2SC=C(CC(=O)NCc3ccc(F)cc3)N21. The van der Waals surface area contributed by atoms with Gasteiger partial charge in [-0.05, 0) is 49.9 Å². The highest BCUT2D eigenvalue weighted by Gasteiger charge is 2.42. The highest BCUT2D eigenvalue weighted by atomic mass is 32.2. The number of amides is 1. The Hall–Kier alpha value is -3.59. The summed E-state index contributed by atoms with van der Waals surface area (Å²) in [4.78, 5) is 32.7. The summed E-state index contributed by atoms with van der Waals surface area (Å²) < 4.78 is 24.4. The van der Waals surface area contributed by atoms with Crippen molar-refractivity contribution in [3.05, 3.63) is 87.9 Å². The molecular weight excluding hydrogens is 481 g/mol. The zero-order valence-electron chi connectivity index (χ0n) is 20.6. The predicted molar refractivity (Wildman–Crippen MR) is 137 cm³/mol. The van der Waals surface area contributed by atoms with Crippen LogP contribution in [0.5, 0.6) is 5.75 Å². The fourth-order valence-corrected chi connectivity index (χ4v) is 5.09. The molecule has 2 aromatic rings. The number of benzene rings is 2. The lowest BCUT2D eigenvalue weighted by atomic mass is 9.93. The Morgan fingerprint density at radius 2 is 1.89 bits per heavy atom. The minimum Gasteiger partial charge on any atom is -0.496 e. The van der Waals surface area contributed by atoms with Gasteiger partial charge in [0.25, 0.3) is 0 Å². The molecule has 9 heteroatoms. The Labute approximate surface area is 214 Å². The molecule has 188 valence electrons. The Morgan fingerprint density at radius 1 is 1.17 bits per heavy atom. The van der Waals surface area contributed by atoms with E-state index >= 15 is 0 Å². The van der Waals surface area contributed by atoms with Crippen LogP contribution in [-0.4, -0.2) is 35.2 Å². The van der Waals surface area contributed by atoms with Gasteiger partial charge in [-0.15, -0.1) is 0 Å². The van der Waals surface area contributed by atoms with Crippen LogP contribution in [-0.2, 0) is 20.9 Å². The number of halogens is 1. The van der Waals surface area contributed by atoms with Crippen LogP contribution in [0.15, 0.2) is 75.9 Å². The lowest BCUT2D eigenvalue weighted by Crippen LogP contribution is -2.38. The quantitative estimate of drug-likeness (QED) is 0.501. The van der Waals surface area contributed by atoms with Crippen LogP contribution >= 0.6 is 11.8 Å². The normalized spacial score (nSPS) is 16.9. The number of methoxy groups -OCH3 is 1. The van der Waals surface area contributed by atoms with Crippen molar-refractivity contribution in [1.82, 2.24) is 10.2 Å². The minimum absolute atomic E-state index is 0.0738. The second-order valence-electron chi connectivity index (χ2n) is 8.67. The molecule has 0 fully saturated rings. The summed E-state index contributed by atoms with van der Waals surface area (Å²) in [7, 11) is 1.58. The molecule has 2 aromatic carbocycles. The average molecular weight is 510 g/mol. The maximum absolute atomic E-state index is 13.3. The monoisotopic (exact) mass is 509 g/mol. The lowest BCUT2D eigenvalue weighted by molar-refractivity contribution is -0.143. The van der Waals surface area contributed by atoms with Crippen molar-refractivity contribution >= 4 is 28.8 Å². The number of hydrogen-bond donors (Lipinski definition) is 1. The fourth-order valence-electron chi connectivity index (χ4n) is 4.12. The highest BCUT2D eigenvalue weighted by molar-refractivity contribution is 8.16. The van der Waals surface area contributed by atoms with Gasteiger partial charge >= 0.3 is 5.97 Å². The first-order valence-electron chi connectivity index (χ1n) is 11.6. The number of rotatable bonds is 8.